The largest absolute Gasteiger partial charge is 0.543 e. The van der Waals surface area contributed by atoms with Crippen LogP contribution in [0.1, 0.15) is 45.8 Å². The molecule has 0 amide bonds. The van der Waals surface area contributed by atoms with Gasteiger partial charge in [0.25, 0.3) is 0 Å². The monoisotopic (exact) mass is 380 g/mol. The molecule has 0 bridgehead atoms. The highest BCUT2D eigenvalue weighted by Gasteiger charge is 2.40. The van der Waals surface area contributed by atoms with Gasteiger partial charge in [0.05, 0.1) is 7.11 Å². The van der Waals surface area contributed by atoms with E-state index in [2.05, 4.69) is 38.6 Å². The maximum absolute atomic E-state index is 12.5. The Hall–Kier alpha value is -2.15. The zero-order valence-corrected chi connectivity index (χ0v) is 17.5. The molecule has 1 aromatic carbocycles. The molecule has 1 rings (SSSR count). The summed E-state index contributed by atoms with van der Waals surface area (Å²) in [4.78, 5) is 35.5. The number of carbonyl (C=O) groups is 3. The summed E-state index contributed by atoms with van der Waals surface area (Å²) in [5, 5.41) is -0.0485. The lowest BCUT2D eigenvalue weighted by Gasteiger charge is -2.37. The third-order valence-corrected chi connectivity index (χ3v) is 8.84. The van der Waals surface area contributed by atoms with Crippen molar-refractivity contribution in [1.82, 2.24) is 0 Å². The van der Waals surface area contributed by atoms with Gasteiger partial charge >= 0.3 is 11.9 Å². The molecular weight excluding hydrogens is 352 g/mol. The summed E-state index contributed by atoms with van der Waals surface area (Å²) >= 11 is 0. The number of benzene rings is 1. The number of hydrogen-bond acceptors (Lipinski definition) is 6. The average Bonchev–Trinajstić information content (AvgIpc) is 2.51. The highest BCUT2D eigenvalue weighted by molar-refractivity contribution is 6.74. The predicted molar refractivity (Wildman–Crippen MR) is 100 cm³/mol. The molecule has 0 saturated heterocycles. The van der Waals surface area contributed by atoms with E-state index in [9.17, 15) is 14.4 Å². The molecule has 144 valence electrons. The number of rotatable bonds is 7. The normalized spacial score (nSPS) is 12.9. The minimum atomic E-state index is -2.18. The van der Waals surface area contributed by atoms with Crippen LogP contribution in [-0.4, -0.2) is 33.1 Å². The van der Waals surface area contributed by atoms with Crippen LogP contribution in [0.4, 0.5) is 0 Å². The van der Waals surface area contributed by atoms with Crippen molar-refractivity contribution in [3.05, 3.63) is 29.8 Å². The van der Waals surface area contributed by atoms with E-state index in [4.69, 9.17) is 9.16 Å². The van der Waals surface area contributed by atoms with Crippen LogP contribution >= 0.6 is 0 Å². The second-order valence-electron chi connectivity index (χ2n) is 7.61. The molecule has 1 aromatic rings. The van der Waals surface area contributed by atoms with Crippen molar-refractivity contribution in [3.63, 3.8) is 0 Å². The first kappa shape index (κ1) is 21.9. The molecular formula is C19H28O6Si. The fraction of sp³-hybridized carbons (Fsp3) is 0.526. The average molecular weight is 381 g/mol. The molecule has 0 N–H and O–H groups in total. The maximum Gasteiger partial charge on any atom is 0.313 e. The molecule has 0 aliphatic heterocycles. The Morgan fingerprint density at radius 2 is 1.69 bits per heavy atom. The molecule has 0 aliphatic carbocycles. The van der Waals surface area contributed by atoms with E-state index in [0.29, 0.717) is 11.3 Å². The molecule has 0 radical (unpaired) electrons. The van der Waals surface area contributed by atoms with Crippen molar-refractivity contribution >= 4 is 26.0 Å². The van der Waals surface area contributed by atoms with E-state index in [1.807, 2.05) is 0 Å². The third kappa shape index (κ3) is 5.69. The first-order chi connectivity index (χ1) is 11.9. The summed E-state index contributed by atoms with van der Waals surface area (Å²) in [6.07, 6.45) is -1.70. The van der Waals surface area contributed by atoms with Gasteiger partial charge in [-0.05, 0) is 24.2 Å². The molecule has 0 spiro atoms. The zero-order valence-electron chi connectivity index (χ0n) is 16.5. The summed E-state index contributed by atoms with van der Waals surface area (Å²) in [5.74, 6) is -1.37. The lowest BCUT2D eigenvalue weighted by Crippen LogP contribution is -2.44. The van der Waals surface area contributed by atoms with Crippen molar-refractivity contribution < 1.29 is 28.3 Å². The predicted octanol–water partition coefficient (Wildman–Crippen LogP) is 3.81. The maximum atomic E-state index is 12.5. The van der Waals surface area contributed by atoms with Gasteiger partial charge in [0.15, 0.2) is 11.9 Å². The number of hydrogen-bond donors (Lipinski definition) is 0. The number of carbonyl (C=O) groups excluding carboxylic acids is 3. The fourth-order valence-corrected chi connectivity index (χ4v) is 3.04. The lowest BCUT2D eigenvalue weighted by atomic mass is 10.0. The van der Waals surface area contributed by atoms with Gasteiger partial charge in [0.1, 0.15) is 12.2 Å². The summed E-state index contributed by atoms with van der Waals surface area (Å²) in [6, 6.07) is 6.94. The van der Waals surface area contributed by atoms with Crippen molar-refractivity contribution in [1.29, 1.82) is 0 Å². The van der Waals surface area contributed by atoms with Gasteiger partial charge < -0.3 is 13.9 Å². The van der Waals surface area contributed by atoms with Crippen LogP contribution in [-0.2, 0) is 23.9 Å². The molecule has 7 heteroatoms. The Morgan fingerprint density at radius 1 is 1.12 bits per heavy atom. The van der Waals surface area contributed by atoms with Crippen LogP contribution in [0.15, 0.2) is 24.3 Å². The zero-order chi connectivity index (χ0) is 20.1. The summed E-state index contributed by atoms with van der Waals surface area (Å²) in [5.41, 5.74) is 0.432. The summed E-state index contributed by atoms with van der Waals surface area (Å²) < 4.78 is 16.1. The Balaban J connectivity index is 3.29. The smallest absolute Gasteiger partial charge is 0.313 e. The SMILES string of the molecule is COC(=O)CC(=O)C(OC(C)=O)c1ccccc1O[Si](C)(C)C(C)(C)C. The fourth-order valence-electron chi connectivity index (χ4n) is 1.99. The van der Waals surface area contributed by atoms with Crippen molar-refractivity contribution in [3.8, 4) is 5.75 Å². The lowest BCUT2D eigenvalue weighted by molar-refractivity contribution is -0.156. The Kier molecular flexibility index (Phi) is 7.14. The number of Topliss-reactive ketones (excluding diaryl/α,β-unsaturated/α-hetero) is 1. The van der Waals surface area contributed by atoms with Gasteiger partial charge in [-0.15, -0.1) is 0 Å². The van der Waals surface area contributed by atoms with Crippen LogP contribution in [0.25, 0.3) is 0 Å². The highest BCUT2D eigenvalue weighted by Crippen LogP contribution is 2.39. The number of para-hydroxylation sites is 1. The first-order valence-electron chi connectivity index (χ1n) is 8.43. The van der Waals surface area contributed by atoms with Crippen LogP contribution in [0, 0.1) is 0 Å². The molecule has 1 atom stereocenters. The Labute approximate surface area is 156 Å². The molecule has 0 aliphatic rings. The number of methoxy groups -OCH3 is 1. The Morgan fingerprint density at radius 3 is 2.19 bits per heavy atom. The van der Waals surface area contributed by atoms with Crippen LogP contribution in [0.2, 0.25) is 18.1 Å². The second kappa shape index (κ2) is 8.49. The summed E-state index contributed by atoms with van der Waals surface area (Å²) in [6.45, 7) is 11.7. The van der Waals surface area contributed by atoms with E-state index in [-0.39, 0.29) is 5.04 Å². The van der Waals surface area contributed by atoms with Crippen molar-refractivity contribution in [2.75, 3.05) is 7.11 Å². The topological polar surface area (TPSA) is 78.9 Å². The van der Waals surface area contributed by atoms with Crippen molar-refractivity contribution in [2.45, 2.75) is 58.4 Å². The quantitative estimate of drug-likeness (QED) is 0.407. The minimum Gasteiger partial charge on any atom is -0.543 e. The Bertz CT molecular complexity index is 675. The molecule has 0 fully saturated rings. The molecule has 1 unspecified atom stereocenters. The molecule has 6 nitrogen and oxygen atoms in total. The molecule has 0 saturated carbocycles. The number of ketones is 1. The van der Waals surface area contributed by atoms with Gasteiger partial charge in [-0.2, -0.15) is 0 Å². The van der Waals surface area contributed by atoms with Gasteiger partial charge in [-0.1, -0.05) is 39.0 Å². The van der Waals surface area contributed by atoms with E-state index in [1.54, 1.807) is 24.3 Å². The van der Waals surface area contributed by atoms with E-state index in [1.165, 1.54) is 14.0 Å². The molecule has 0 heterocycles. The molecule has 26 heavy (non-hydrogen) atoms. The van der Waals surface area contributed by atoms with Gasteiger partial charge in [-0.3, -0.25) is 14.4 Å². The standard InChI is InChI=1S/C19H28O6Si/c1-13(20)24-18(15(21)12-17(22)23-5)14-10-8-9-11-16(14)25-26(6,7)19(2,3)4/h8-11,18H,12H2,1-7H3. The van der Waals surface area contributed by atoms with E-state index < -0.39 is 38.6 Å². The van der Waals surface area contributed by atoms with Crippen LogP contribution < -0.4 is 4.43 Å². The van der Waals surface area contributed by atoms with Gasteiger partial charge in [0.2, 0.25) is 8.32 Å². The number of ether oxygens (including phenoxy) is 2. The van der Waals surface area contributed by atoms with E-state index >= 15 is 0 Å². The third-order valence-electron chi connectivity index (χ3n) is 4.50. The number of esters is 2. The van der Waals surface area contributed by atoms with Gasteiger partial charge in [-0.25, -0.2) is 0 Å². The molecule has 0 aromatic heterocycles. The second-order valence-corrected chi connectivity index (χ2v) is 12.3. The van der Waals surface area contributed by atoms with E-state index in [0.717, 1.165) is 0 Å². The highest BCUT2D eigenvalue weighted by atomic mass is 28.4. The van der Waals surface area contributed by atoms with Crippen LogP contribution in [0.5, 0.6) is 5.75 Å². The first-order valence-corrected chi connectivity index (χ1v) is 11.3. The van der Waals surface area contributed by atoms with Gasteiger partial charge in [0, 0.05) is 12.5 Å². The minimum absolute atomic E-state index is 0.0485. The van der Waals surface area contributed by atoms with Crippen LogP contribution in [0.3, 0.4) is 0 Å². The van der Waals surface area contributed by atoms with Crippen molar-refractivity contribution in [2.24, 2.45) is 0 Å². The summed E-state index contributed by atoms with van der Waals surface area (Å²) in [7, 11) is -0.981.